The highest BCUT2D eigenvalue weighted by Crippen LogP contribution is 2.32. The molecule has 9 nitrogen and oxygen atoms in total. The molecule has 0 saturated carbocycles. The molecule has 0 amide bonds. The van der Waals surface area contributed by atoms with Gasteiger partial charge >= 0.3 is 0 Å². The number of hydrogen-bond donors (Lipinski definition) is 1. The van der Waals surface area contributed by atoms with Gasteiger partial charge in [-0.05, 0) is 25.1 Å². The Balaban J connectivity index is 1.36. The molecular weight excluding hydrogens is 451 g/mol. The third-order valence-corrected chi connectivity index (χ3v) is 6.23. The van der Waals surface area contributed by atoms with E-state index in [-0.39, 0.29) is 18.1 Å². The zero-order chi connectivity index (χ0) is 23.9. The summed E-state index contributed by atoms with van der Waals surface area (Å²) < 4.78 is 33.0. The number of nitrogens with one attached hydrogen (secondary N) is 1. The van der Waals surface area contributed by atoms with Crippen LogP contribution in [0.4, 0.5) is 10.3 Å². The number of halogens is 1. The van der Waals surface area contributed by atoms with E-state index >= 15 is 0 Å². The number of nitrogens with zero attached hydrogens (tertiary/aromatic N) is 5. The summed E-state index contributed by atoms with van der Waals surface area (Å²) in [7, 11) is 0. The van der Waals surface area contributed by atoms with E-state index in [1.165, 1.54) is 6.07 Å². The molecule has 2 aliphatic rings. The molecule has 1 fully saturated rings. The van der Waals surface area contributed by atoms with Gasteiger partial charge in [0.05, 0.1) is 31.7 Å². The van der Waals surface area contributed by atoms with Crippen LogP contribution in [-0.4, -0.2) is 39.2 Å². The van der Waals surface area contributed by atoms with Crippen molar-refractivity contribution in [3.8, 4) is 22.9 Å². The Morgan fingerprint density at radius 1 is 1.14 bits per heavy atom. The summed E-state index contributed by atoms with van der Waals surface area (Å²) in [6.07, 6.45) is 3.50. The van der Waals surface area contributed by atoms with Crippen LogP contribution in [0, 0.1) is 24.1 Å². The van der Waals surface area contributed by atoms with Gasteiger partial charge in [-0.25, -0.2) is 14.4 Å². The molecule has 10 heteroatoms. The van der Waals surface area contributed by atoms with Crippen molar-refractivity contribution in [2.24, 2.45) is 0 Å². The predicted octanol–water partition coefficient (Wildman–Crippen LogP) is 3.70. The van der Waals surface area contributed by atoms with Crippen LogP contribution in [-0.2, 0) is 22.4 Å². The van der Waals surface area contributed by atoms with Gasteiger partial charge in [0.25, 0.3) is 0 Å². The van der Waals surface area contributed by atoms with Crippen molar-refractivity contribution in [2.75, 3.05) is 25.1 Å². The largest absolute Gasteiger partial charge is 0.493 e. The number of anilines is 1. The summed E-state index contributed by atoms with van der Waals surface area (Å²) >= 11 is 0. The molecule has 0 atom stereocenters. The number of ether oxygens (including phenoxy) is 3. The second-order valence-electron chi connectivity index (χ2n) is 8.32. The average Bonchev–Trinajstić information content (AvgIpc) is 3.64. The highest BCUT2D eigenvalue weighted by molar-refractivity contribution is 5.79. The molecule has 3 aromatic heterocycles. The molecule has 4 aromatic rings. The van der Waals surface area contributed by atoms with Crippen LogP contribution in [0.2, 0.25) is 0 Å². The molecular formula is C25H21FN6O3. The number of aromatic nitrogens is 4. The fourth-order valence-electron chi connectivity index (χ4n) is 4.55. The first-order chi connectivity index (χ1) is 17.1. The van der Waals surface area contributed by atoms with Crippen molar-refractivity contribution >= 4 is 11.6 Å². The minimum absolute atomic E-state index is 0.219. The molecule has 6 rings (SSSR count). The van der Waals surface area contributed by atoms with Crippen molar-refractivity contribution in [3.63, 3.8) is 0 Å². The van der Waals surface area contributed by atoms with E-state index < -0.39 is 6.29 Å². The maximum absolute atomic E-state index is 14.6. The van der Waals surface area contributed by atoms with Crippen LogP contribution >= 0.6 is 0 Å². The lowest BCUT2D eigenvalue weighted by Crippen LogP contribution is -2.10. The standard InChI is InChI=1S/C25H21FN6O3/c1-14-16(2-4-21(30-14)24-34-8-9-35-24)19-12-29-25(32-13-15(10-27)31-23(19)32)28-11-18-17-6-7-33-22(17)5-3-20(18)26/h2-5,12-13,24H,6-9,11H2,1H3,(H,28,29). The van der Waals surface area contributed by atoms with Crippen molar-refractivity contribution in [1.82, 2.24) is 19.4 Å². The summed E-state index contributed by atoms with van der Waals surface area (Å²) in [5, 5.41) is 12.7. The second-order valence-corrected chi connectivity index (χ2v) is 8.32. The number of benzene rings is 1. The van der Waals surface area contributed by atoms with E-state index in [9.17, 15) is 9.65 Å². The fraction of sp³-hybridized carbons (Fsp3) is 0.280. The van der Waals surface area contributed by atoms with Gasteiger partial charge < -0.3 is 19.5 Å². The molecule has 0 aliphatic carbocycles. The van der Waals surface area contributed by atoms with E-state index in [4.69, 9.17) is 14.2 Å². The minimum Gasteiger partial charge on any atom is -0.493 e. The molecule has 0 unspecified atom stereocenters. The molecule has 176 valence electrons. The van der Waals surface area contributed by atoms with Crippen LogP contribution < -0.4 is 10.1 Å². The van der Waals surface area contributed by atoms with Crippen LogP contribution in [0.25, 0.3) is 16.8 Å². The number of hydrogen-bond acceptors (Lipinski definition) is 8. The third kappa shape index (κ3) is 3.75. The summed E-state index contributed by atoms with van der Waals surface area (Å²) in [6, 6.07) is 8.95. The Morgan fingerprint density at radius 2 is 2.00 bits per heavy atom. The first kappa shape index (κ1) is 21.5. The van der Waals surface area contributed by atoms with E-state index in [0.29, 0.717) is 54.8 Å². The fourth-order valence-corrected chi connectivity index (χ4v) is 4.55. The number of rotatable bonds is 5. The van der Waals surface area contributed by atoms with Gasteiger partial charge in [0.2, 0.25) is 12.2 Å². The van der Waals surface area contributed by atoms with Crippen LogP contribution in [0.15, 0.2) is 36.7 Å². The molecule has 2 aliphatic heterocycles. The lowest BCUT2D eigenvalue weighted by Gasteiger charge is -2.14. The summed E-state index contributed by atoms with van der Waals surface area (Å²) in [6.45, 7) is 3.74. The summed E-state index contributed by atoms with van der Waals surface area (Å²) in [4.78, 5) is 13.7. The van der Waals surface area contributed by atoms with Gasteiger partial charge in [-0.1, -0.05) is 6.07 Å². The van der Waals surface area contributed by atoms with Crippen molar-refractivity contribution < 1.29 is 18.6 Å². The van der Waals surface area contributed by atoms with Gasteiger partial charge in [0.15, 0.2) is 11.3 Å². The second kappa shape index (κ2) is 8.61. The molecule has 1 N–H and O–H groups in total. The van der Waals surface area contributed by atoms with Crippen LogP contribution in [0.3, 0.4) is 0 Å². The molecule has 5 heterocycles. The summed E-state index contributed by atoms with van der Waals surface area (Å²) in [5.41, 5.74) is 5.22. The zero-order valence-electron chi connectivity index (χ0n) is 18.9. The lowest BCUT2D eigenvalue weighted by atomic mass is 10.0. The number of aryl methyl sites for hydroxylation is 1. The molecule has 0 spiro atoms. The average molecular weight is 472 g/mol. The Morgan fingerprint density at radius 3 is 2.80 bits per heavy atom. The van der Waals surface area contributed by atoms with Crippen LogP contribution in [0.1, 0.15) is 34.5 Å². The first-order valence-corrected chi connectivity index (χ1v) is 11.3. The highest BCUT2D eigenvalue weighted by atomic mass is 19.1. The van der Waals surface area contributed by atoms with E-state index in [1.54, 1.807) is 22.9 Å². The zero-order valence-corrected chi connectivity index (χ0v) is 18.9. The molecule has 1 aromatic carbocycles. The minimum atomic E-state index is -0.464. The topological polar surface area (TPSA) is 107 Å². The maximum atomic E-state index is 14.6. The molecule has 1 saturated heterocycles. The molecule has 0 radical (unpaired) electrons. The molecule has 35 heavy (non-hydrogen) atoms. The van der Waals surface area contributed by atoms with Crippen molar-refractivity contribution in [1.29, 1.82) is 5.26 Å². The Labute approximate surface area is 200 Å². The Bertz CT molecular complexity index is 1490. The van der Waals surface area contributed by atoms with E-state index in [2.05, 4.69) is 26.3 Å². The van der Waals surface area contributed by atoms with E-state index in [0.717, 1.165) is 22.4 Å². The van der Waals surface area contributed by atoms with Crippen LogP contribution in [0.5, 0.6) is 5.75 Å². The van der Waals surface area contributed by atoms with E-state index in [1.807, 2.05) is 19.1 Å². The third-order valence-electron chi connectivity index (χ3n) is 6.23. The van der Waals surface area contributed by atoms with Gasteiger partial charge in [0, 0.05) is 47.1 Å². The monoisotopic (exact) mass is 472 g/mol. The van der Waals surface area contributed by atoms with Gasteiger partial charge in [0.1, 0.15) is 17.6 Å². The molecule has 0 bridgehead atoms. The number of imidazole rings is 1. The number of pyridine rings is 1. The smallest absolute Gasteiger partial charge is 0.208 e. The van der Waals surface area contributed by atoms with Crippen molar-refractivity contribution in [3.05, 3.63) is 70.7 Å². The van der Waals surface area contributed by atoms with Crippen molar-refractivity contribution in [2.45, 2.75) is 26.2 Å². The predicted molar refractivity (Wildman–Crippen MR) is 123 cm³/mol. The summed E-state index contributed by atoms with van der Waals surface area (Å²) in [5.74, 6) is 0.865. The maximum Gasteiger partial charge on any atom is 0.208 e. The number of nitriles is 1. The number of fused-ring (bicyclic) bond motifs is 2. The SMILES string of the molecule is Cc1nc(C2OCCO2)ccc1-c1cnc(NCc2c(F)ccc3c2CCO3)n2cc(C#N)nc12. The van der Waals surface area contributed by atoms with Gasteiger partial charge in [-0.3, -0.25) is 9.38 Å². The Kier molecular flexibility index (Phi) is 5.28. The van der Waals surface area contributed by atoms with Gasteiger partial charge in [-0.15, -0.1) is 0 Å². The Hall–Kier alpha value is -4.07. The quantitative estimate of drug-likeness (QED) is 0.469. The normalized spacial score (nSPS) is 15.2. The lowest BCUT2D eigenvalue weighted by molar-refractivity contribution is -0.0473. The highest BCUT2D eigenvalue weighted by Gasteiger charge is 2.23. The first-order valence-electron chi connectivity index (χ1n) is 11.3. The van der Waals surface area contributed by atoms with Gasteiger partial charge in [-0.2, -0.15) is 5.26 Å².